The Kier molecular flexibility index (Phi) is 54.8. The van der Waals surface area contributed by atoms with Crippen LogP contribution < -0.4 is 96.2 Å². The van der Waals surface area contributed by atoms with Crippen LogP contribution in [0.5, 0.6) is 5.75 Å². The van der Waals surface area contributed by atoms with Gasteiger partial charge in [0, 0.05) is 44.9 Å². The SMILES string of the molecule is CSCC[C@H](NC(=O)[C@H](CCSC)NC(=O)[C@H](CC(=O)O)NC(=O)[C@H](CCC(=O)O)NC(=O)[C@H](Cc1ccc(OP(=O)(O)O)cc1)NC(=O)[C@H](CC(=O)O)NC(=O)[C@H](CC(=O)O)NC(=O)[C@H](CCC(N)=O)NC(=O)[C@H](CC(C)C)NC(=O)[C@H](CCC(=O)O)NC(=O)[C@H](CCC(=O)O)NC(=O)[C@@H](N)CCSC)C(=O)N[C@@H](CCC(=O)O)C(=O)N[C@@H](CCC(=O)O)C(=O)N[C@@H](CC(N)=O)C(=O)O. The van der Waals surface area contributed by atoms with Gasteiger partial charge in [0.15, 0.2) is 0 Å². The maximum absolute atomic E-state index is 14.8. The maximum Gasteiger partial charge on any atom is 0.524 e. The third-order valence-corrected chi connectivity index (χ3v) is 21.2. The van der Waals surface area contributed by atoms with Gasteiger partial charge in [0.25, 0.3) is 0 Å². The molecule has 0 saturated heterocycles. The number of carboxylic acids is 9. The van der Waals surface area contributed by atoms with Crippen LogP contribution in [0, 0.1) is 5.92 Å². The van der Waals surface area contributed by atoms with E-state index in [0.29, 0.717) is 5.75 Å². The van der Waals surface area contributed by atoms with E-state index in [9.17, 15) is 180 Å². The molecule has 16 amide bonds. The summed E-state index contributed by atoms with van der Waals surface area (Å²) in [5, 5.41) is 118. The maximum atomic E-state index is 14.8. The quantitative estimate of drug-likeness (QED) is 0.0269. The van der Waals surface area contributed by atoms with Crippen LogP contribution in [0.15, 0.2) is 24.3 Å². The number of nitrogens with one attached hydrogen (secondary N) is 14. The van der Waals surface area contributed by atoms with E-state index in [2.05, 4.69) is 57.7 Å². The minimum atomic E-state index is -5.27. The summed E-state index contributed by atoms with van der Waals surface area (Å²) >= 11 is 3.48. The highest BCUT2D eigenvalue weighted by Gasteiger charge is 2.41. The number of nitrogens with two attached hydrogens (primary N) is 3. The topological polar surface area (TPSA) is 922 Å². The highest BCUT2D eigenvalue weighted by atomic mass is 32.2. The van der Waals surface area contributed by atoms with Crippen LogP contribution in [-0.2, 0) is 131 Å². The first-order valence-electron chi connectivity index (χ1n) is 40.9. The Hall–Kier alpha value is -13.1. The predicted molar refractivity (Wildman–Crippen MR) is 467 cm³/mol. The monoisotopic (exact) mass is 2000 g/mol. The lowest BCUT2D eigenvalue weighted by atomic mass is 10.0. The van der Waals surface area contributed by atoms with Crippen LogP contribution in [0.4, 0.5) is 0 Å². The second-order valence-corrected chi connectivity index (χ2v) is 34.5. The van der Waals surface area contributed by atoms with E-state index in [1.807, 2.05) is 21.3 Å². The third kappa shape index (κ3) is 50.6. The summed E-state index contributed by atoms with van der Waals surface area (Å²) in [7, 11) is -5.27. The summed E-state index contributed by atoms with van der Waals surface area (Å²) in [6.45, 7) is 3.05. The number of carbonyl (C=O) groups is 25. The van der Waals surface area contributed by atoms with Gasteiger partial charge in [-0.05, 0) is 124 Å². The van der Waals surface area contributed by atoms with Crippen molar-refractivity contribution in [2.75, 3.05) is 36.0 Å². The molecule has 0 saturated carbocycles. The first-order chi connectivity index (χ1) is 63.0. The molecule has 0 aliphatic rings. The molecule has 1 aromatic rings. The molecule has 0 fully saturated rings. The Labute approximate surface area is 781 Å². The standard InChI is InChI=1S/C76H114N17O38PS3/c1-34(2)28-46(88-66(116)41(13-19-56(100)101)81-63(113)39(11-17-54(96)97)80-62(112)37(77)22-25-133-3)71(121)84-38(10-16-52(78)94)65(115)91-49(32-60(108)109)75(125)92-50(33-61(110)111)74(124)89-47(29-35-6-8-36(9-7-35)131-132(128,129)130)72(122)85-42(14-20-57(102)103)67(117)90-48(31-59(106)107)73(123)87-45(24-27-135-5)70(120)86-44(23-26-134-4)69(119)83-40(12-18-55(98)99)64(114)82-43(15-21-58(104)105)68(118)93-51(76(126)127)30-53(79)95/h6-9,34,37-51H,10-33,77H2,1-5H3,(H2,78,94)(H2,79,95)(H,80,112)(H,81,113)(H,82,114)(H,83,119)(H,84,121)(H,85,122)(H,86,120)(H,87,123)(H,88,116)(H,89,124)(H,90,117)(H,91,115)(H,92,125)(H,93,118)(H,96,97)(H,98,99)(H,100,101)(H,102,103)(H,104,105)(H,106,107)(H,108,109)(H,110,111)(H,126,127)(H2,128,129,130)/t37-,38-,39-,40-,41-,42-,43-,44-,45-,46-,47-,48-,49-,50-,51-/m0/s1. The summed E-state index contributed by atoms with van der Waals surface area (Å²) in [4.78, 5) is 349. The summed E-state index contributed by atoms with van der Waals surface area (Å²) in [5.41, 5.74) is 16.3. The number of carboxylic acid groups (broad SMARTS) is 9. The molecule has 1 aromatic carbocycles. The van der Waals surface area contributed by atoms with Crippen molar-refractivity contribution in [2.45, 2.75) is 239 Å². The van der Waals surface area contributed by atoms with Crippen molar-refractivity contribution in [3.05, 3.63) is 29.8 Å². The molecule has 0 aliphatic carbocycles. The lowest BCUT2D eigenvalue weighted by Crippen LogP contribution is -2.61. The largest absolute Gasteiger partial charge is 0.524 e. The van der Waals surface area contributed by atoms with Crippen molar-refractivity contribution in [1.29, 1.82) is 0 Å². The molecule has 15 atom stereocenters. The minimum absolute atomic E-state index is 0.0174. The molecule has 0 unspecified atom stereocenters. The molecule has 0 heterocycles. The highest BCUT2D eigenvalue weighted by Crippen LogP contribution is 2.37. The smallest absolute Gasteiger partial charge is 0.481 e. The average Bonchev–Trinajstić information content (AvgIpc) is 0.843. The van der Waals surface area contributed by atoms with E-state index >= 15 is 0 Å². The molecule has 0 bridgehead atoms. The third-order valence-electron chi connectivity index (χ3n) is 18.8. The van der Waals surface area contributed by atoms with Crippen molar-refractivity contribution in [3.8, 4) is 5.75 Å². The molecule has 135 heavy (non-hydrogen) atoms. The number of phosphoric ester groups is 1. The summed E-state index contributed by atoms with van der Waals surface area (Å²) in [5.74, 6) is -37.9. The molecule has 754 valence electrons. The predicted octanol–water partition coefficient (Wildman–Crippen LogP) is -7.91. The number of carbonyl (C=O) groups excluding carboxylic acids is 16. The highest BCUT2D eigenvalue weighted by molar-refractivity contribution is 7.99. The van der Waals surface area contributed by atoms with Gasteiger partial charge in [-0.1, -0.05) is 26.0 Å². The zero-order chi connectivity index (χ0) is 103. The number of amides is 16. The van der Waals surface area contributed by atoms with E-state index in [-0.39, 0.29) is 42.8 Å². The van der Waals surface area contributed by atoms with Crippen LogP contribution in [0.2, 0.25) is 0 Å². The molecule has 55 nitrogen and oxygen atoms in total. The van der Waals surface area contributed by atoms with Crippen LogP contribution in [0.3, 0.4) is 0 Å². The van der Waals surface area contributed by atoms with Gasteiger partial charge < -0.3 is 142 Å². The molecule has 59 heteroatoms. The fourth-order valence-corrected chi connectivity index (χ4v) is 13.8. The molecule has 0 aromatic heterocycles. The Morgan fingerprint density at radius 1 is 0.304 bits per heavy atom. The fraction of sp³-hybridized carbons (Fsp3) is 0.592. The van der Waals surface area contributed by atoms with Crippen molar-refractivity contribution in [1.82, 2.24) is 74.4 Å². The second kappa shape index (κ2) is 61.7. The van der Waals surface area contributed by atoms with Gasteiger partial charge in [0.2, 0.25) is 94.5 Å². The number of aliphatic carboxylic acids is 9. The number of benzene rings is 1. The number of primary amides is 2. The van der Waals surface area contributed by atoms with Gasteiger partial charge in [-0.25, -0.2) is 9.36 Å². The number of phosphoric acid groups is 1. The van der Waals surface area contributed by atoms with Crippen LogP contribution in [-0.4, -0.2) is 331 Å². The average molecular weight is 2000 g/mol. The zero-order valence-corrected chi connectivity index (χ0v) is 76.7. The Bertz CT molecular complexity index is 4450. The molecule has 0 spiro atoms. The lowest BCUT2D eigenvalue weighted by molar-refractivity contribution is -0.144. The first-order valence-corrected chi connectivity index (χ1v) is 46.6. The molecule has 0 radical (unpaired) electrons. The molecular formula is C76H114N17O38PS3. The van der Waals surface area contributed by atoms with E-state index < -0.39 is 368 Å². The fourth-order valence-electron chi connectivity index (χ4n) is 12.0. The molecular weight excluding hydrogens is 1890 g/mol. The van der Waals surface area contributed by atoms with Gasteiger partial charge in [-0.2, -0.15) is 35.3 Å². The van der Waals surface area contributed by atoms with E-state index in [1.54, 1.807) is 12.5 Å². The van der Waals surface area contributed by atoms with Gasteiger partial charge in [0.1, 0.15) is 90.3 Å². The summed E-state index contributed by atoms with van der Waals surface area (Å²) in [6.07, 6.45) is -12.2. The van der Waals surface area contributed by atoms with Gasteiger partial charge in [0.05, 0.1) is 31.7 Å². The molecule has 0 aliphatic heterocycles. The van der Waals surface area contributed by atoms with Gasteiger partial charge in [-0.3, -0.25) is 125 Å². The van der Waals surface area contributed by atoms with Gasteiger partial charge >= 0.3 is 61.5 Å². The van der Waals surface area contributed by atoms with Crippen LogP contribution >= 0.6 is 43.1 Å². The molecule has 31 N–H and O–H groups in total. The second-order valence-electron chi connectivity index (χ2n) is 30.3. The van der Waals surface area contributed by atoms with Crippen LogP contribution in [0.1, 0.15) is 148 Å². The van der Waals surface area contributed by atoms with Crippen molar-refractivity contribution in [2.24, 2.45) is 23.1 Å². The number of rotatable bonds is 70. The number of thioether (sulfide) groups is 3. The van der Waals surface area contributed by atoms with E-state index in [0.717, 1.165) is 47.8 Å². The van der Waals surface area contributed by atoms with Gasteiger partial charge in [-0.15, -0.1) is 0 Å². The first kappa shape index (κ1) is 120. The Balaban J connectivity index is 4.04. The zero-order valence-electron chi connectivity index (χ0n) is 73.4. The van der Waals surface area contributed by atoms with E-state index in [4.69, 9.17) is 17.2 Å². The summed E-state index contributed by atoms with van der Waals surface area (Å²) < 4.78 is 16.3. The number of hydrogen-bond acceptors (Lipinski definition) is 31. The van der Waals surface area contributed by atoms with E-state index in [1.165, 1.54) is 31.9 Å². The van der Waals surface area contributed by atoms with Crippen molar-refractivity contribution < 1.29 is 185 Å². The van der Waals surface area contributed by atoms with Crippen molar-refractivity contribution in [3.63, 3.8) is 0 Å². The Morgan fingerprint density at radius 2 is 0.541 bits per heavy atom. The summed E-state index contributed by atoms with van der Waals surface area (Å²) in [6, 6.07) is -26.0. The Morgan fingerprint density at radius 3 is 0.800 bits per heavy atom. The van der Waals surface area contributed by atoms with Crippen LogP contribution in [0.25, 0.3) is 0 Å². The lowest BCUT2D eigenvalue weighted by Gasteiger charge is -2.28. The minimum Gasteiger partial charge on any atom is -0.481 e. The normalized spacial score (nSPS) is 14.4. The number of hydrogen-bond donors (Lipinski definition) is 28. The molecule has 1 rings (SSSR count). The van der Waals surface area contributed by atoms with Crippen molar-refractivity contribution >= 4 is 191 Å².